The SMILES string of the molecule is N#C[I-](F)(Cl)Br. The van der Waals surface area contributed by atoms with Crippen LogP contribution in [0.1, 0.15) is 0 Å². The van der Waals surface area contributed by atoms with Crippen molar-refractivity contribution in [1.82, 2.24) is 0 Å². The standard InChI is InChI=1S/CBrClFIN/c2-5(3,4)1-6/q-1. The van der Waals surface area contributed by atoms with Gasteiger partial charge in [-0.2, -0.15) is 0 Å². The molecule has 0 saturated carbocycles. The Morgan fingerprint density at radius 2 is 2.17 bits per heavy atom. The molecule has 0 spiro atoms. The van der Waals surface area contributed by atoms with E-state index < -0.39 is 15.7 Å². The van der Waals surface area contributed by atoms with E-state index in [0.29, 0.717) is 0 Å². The number of hydrogen-bond donors (Lipinski definition) is 0. The second-order valence-electron chi connectivity index (χ2n) is 0.461. The normalized spacial score (nSPS) is 23.7. The summed E-state index contributed by atoms with van der Waals surface area (Å²) in [6.45, 7) is 0. The van der Waals surface area contributed by atoms with E-state index in [1.807, 2.05) is 0 Å². The van der Waals surface area contributed by atoms with Crippen LogP contribution < -0.4 is 15.7 Å². The van der Waals surface area contributed by atoms with Crippen molar-refractivity contribution in [3.63, 3.8) is 0 Å². The molecule has 0 aromatic carbocycles. The van der Waals surface area contributed by atoms with Crippen molar-refractivity contribution in [2.24, 2.45) is 0 Å². The molecule has 0 saturated heterocycles. The molecule has 1 nitrogen and oxygen atoms in total. The van der Waals surface area contributed by atoms with Crippen LogP contribution in [-0.2, 0) is 0 Å². The van der Waals surface area contributed by atoms with Gasteiger partial charge in [0.1, 0.15) is 0 Å². The van der Waals surface area contributed by atoms with E-state index in [0.717, 1.165) is 0 Å². The molecule has 0 N–H and O–H groups in total. The monoisotopic (exact) mass is 286 g/mol. The molecule has 38 valence electrons. The minimum atomic E-state index is -3.89. The van der Waals surface area contributed by atoms with Crippen LogP contribution in [0.2, 0.25) is 0 Å². The number of nitrogens with zero attached hydrogens (tertiary/aromatic N) is 1. The maximum atomic E-state index is 11.6. The summed E-state index contributed by atoms with van der Waals surface area (Å²) in [6, 6.07) is 0. The van der Waals surface area contributed by atoms with Crippen LogP contribution in [0.25, 0.3) is 0 Å². The summed E-state index contributed by atoms with van der Waals surface area (Å²) in [7, 11) is 4.79. The van der Waals surface area contributed by atoms with Crippen LogP contribution in [0.5, 0.6) is 0 Å². The van der Waals surface area contributed by atoms with E-state index in [1.54, 1.807) is 0 Å². The second kappa shape index (κ2) is 2.28. The van der Waals surface area contributed by atoms with Gasteiger partial charge in [0.2, 0.25) is 0 Å². The molecule has 0 aliphatic rings. The fraction of sp³-hybridized carbons (Fsp3) is 0. The third-order valence-corrected chi connectivity index (χ3v) is 1.97. The Labute approximate surface area is 49.2 Å². The maximum absolute atomic E-state index is 11.6. The zero-order chi connectivity index (χ0) is 5.21. The Hall–Kier alpha value is 0.920. The Balaban J connectivity index is 3.55. The van der Waals surface area contributed by atoms with Crippen molar-refractivity contribution >= 4 is 21.6 Å². The van der Waals surface area contributed by atoms with Gasteiger partial charge in [-0.3, -0.25) is 0 Å². The summed E-state index contributed by atoms with van der Waals surface area (Å²) in [5.41, 5.74) is 0. The zero-order valence-electron chi connectivity index (χ0n) is 2.46. The van der Waals surface area contributed by atoms with E-state index in [1.165, 1.54) is 4.08 Å². The predicted octanol–water partition coefficient (Wildman–Crippen LogP) is -1.02. The summed E-state index contributed by atoms with van der Waals surface area (Å²) in [5.74, 6) is 0. The third-order valence-electron chi connectivity index (χ3n) is 0.0958. The molecule has 0 aliphatic heterocycles. The van der Waals surface area contributed by atoms with Crippen molar-refractivity contribution in [3.05, 3.63) is 0 Å². The summed E-state index contributed by atoms with van der Waals surface area (Å²) < 4.78 is 12.9. The van der Waals surface area contributed by atoms with Gasteiger partial charge in [-0.05, 0) is 0 Å². The molecule has 6 heavy (non-hydrogen) atoms. The molecule has 1 unspecified atom stereocenters. The topological polar surface area (TPSA) is 23.8 Å². The van der Waals surface area contributed by atoms with Gasteiger partial charge in [0.05, 0.1) is 0 Å². The molecule has 1 atom stereocenters. The van der Waals surface area contributed by atoms with Crippen molar-refractivity contribution in [1.29, 1.82) is 5.26 Å². The Morgan fingerprint density at radius 3 is 2.17 bits per heavy atom. The van der Waals surface area contributed by atoms with E-state index in [-0.39, 0.29) is 0 Å². The van der Waals surface area contributed by atoms with Gasteiger partial charge in [-0.25, -0.2) is 0 Å². The molecule has 0 aromatic heterocycles. The van der Waals surface area contributed by atoms with Crippen LogP contribution in [0.4, 0.5) is 2.86 Å². The average Bonchev–Trinajstić information content (AvgIpc) is 1.35. The Morgan fingerprint density at radius 1 is 2.00 bits per heavy atom. The van der Waals surface area contributed by atoms with Crippen molar-refractivity contribution in [3.8, 4) is 4.08 Å². The third kappa shape index (κ3) is 4.92. The molecule has 0 amide bonds. The fourth-order valence-electron chi connectivity index (χ4n) is 0. The van der Waals surface area contributed by atoms with Crippen molar-refractivity contribution < 1.29 is 18.5 Å². The first-order chi connectivity index (χ1) is 2.56. The fourth-order valence-corrected chi connectivity index (χ4v) is 0. The van der Waals surface area contributed by atoms with Crippen LogP contribution >= 0.6 is 21.6 Å². The second-order valence-corrected chi connectivity index (χ2v) is 13.6. The van der Waals surface area contributed by atoms with Crippen molar-refractivity contribution in [2.45, 2.75) is 0 Å². The number of halogens is 4. The van der Waals surface area contributed by atoms with Gasteiger partial charge in [-0.15, -0.1) is 0 Å². The van der Waals surface area contributed by atoms with E-state index >= 15 is 0 Å². The minimum absolute atomic E-state index is 1.30. The first kappa shape index (κ1) is 6.92. The quantitative estimate of drug-likeness (QED) is 0.523. The number of nitriles is 1. The number of rotatable bonds is 0. The summed E-state index contributed by atoms with van der Waals surface area (Å²) in [6.07, 6.45) is 0. The van der Waals surface area contributed by atoms with Crippen LogP contribution in [0.3, 0.4) is 0 Å². The van der Waals surface area contributed by atoms with Crippen LogP contribution in [0.15, 0.2) is 0 Å². The van der Waals surface area contributed by atoms with Gasteiger partial charge in [0, 0.05) is 0 Å². The van der Waals surface area contributed by atoms with Gasteiger partial charge in [-0.1, -0.05) is 0 Å². The summed E-state index contributed by atoms with van der Waals surface area (Å²) >= 11 is -1.49. The molecule has 0 bridgehead atoms. The predicted molar refractivity (Wildman–Crippen MR) is 21.5 cm³/mol. The average molecular weight is 287 g/mol. The van der Waals surface area contributed by atoms with Gasteiger partial charge < -0.3 is 0 Å². The molecule has 0 heterocycles. The van der Waals surface area contributed by atoms with E-state index in [2.05, 4.69) is 12.7 Å². The van der Waals surface area contributed by atoms with Crippen LogP contribution in [-0.4, -0.2) is 0 Å². The van der Waals surface area contributed by atoms with Gasteiger partial charge in [0.25, 0.3) is 0 Å². The number of hydrogen-bond acceptors (Lipinski definition) is 1. The van der Waals surface area contributed by atoms with Gasteiger partial charge in [0.15, 0.2) is 0 Å². The first-order valence-corrected chi connectivity index (χ1v) is 10.3. The molecule has 0 rings (SSSR count). The summed E-state index contributed by atoms with van der Waals surface area (Å²) in [4.78, 5) is 0. The molecule has 0 radical (unpaired) electrons. The first-order valence-electron chi connectivity index (χ1n) is 0.841. The molecular weight excluding hydrogens is 287 g/mol. The molecule has 0 aliphatic carbocycles. The van der Waals surface area contributed by atoms with Gasteiger partial charge >= 0.3 is 49.4 Å². The Bertz CT molecular complexity index is 82.5. The van der Waals surface area contributed by atoms with E-state index in [4.69, 9.17) is 14.2 Å². The molecular formula is CBrClFIN-. The Kier molecular flexibility index (Phi) is 2.63. The summed E-state index contributed by atoms with van der Waals surface area (Å²) in [5, 5.41) is 7.68. The molecule has 5 heteroatoms. The zero-order valence-corrected chi connectivity index (χ0v) is 6.96. The van der Waals surface area contributed by atoms with Crippen molar-refractivity contribution in [2.75, 3.05) is 0 Å². The molecule has 0 aromatic rings. The van der Waals surface area contributed by atoms with Crippen LogP contribution in [0, 0.1) is 9.34 Å². The molecule has 0 fully saturated rings. The van der Waals surface area contributed by atoms with E-state index in [9.17, 15) is 2.86 Å².